The molecule has 0 aliphatic heterocycles. The Morgan fingerprint density at radius 2 is 1.94 bits per heavy atom. The SMILES string of the molecule is NC(=O)C[C@H](N)C(=O)Nc1ccc(F)c(F)c1N. The van der Waals surface area contributed by atoms with Crippen LogP contribution in [0, 0.1) is 11.6 Å². The molecular formula is C10H12F2N4O2. The summed E-state index contributed by atoms with van der Waals surface area (Å²) >= 11 is 0. The number of benzene rings is 1. The van der Waals surface area contributed by atoms with Crippen molar-refractivity contribution in [2.45, 2.75) is 12.5 Å². The maximum absolute atomic E-state index is 13.1. The summed E-state index contributed by atoms with van der Waals surface area (Å²) in [4.78, 5) is 22.0. The zero-order valence-electron chi connectivity index (χ0n) is 9.24. The van der Waals surface area contributed by atoms with E-state index in [4.69, 9.17) is 17.2 Å². The number of primary amides is 1. The van der Waals surface area contributed by atoms with E-state index in [1.165, 1.54) is 0 Å². The van der Waals surface area contributed by atoms with Crippen LogP contribution in [0.4, 0.5) is 20.2 Å². The molecule has 0 radical (unpaired) electrons. The van der Waals surface area contributed by atoms with Gasteiger partial charge in [0.2, 0.25) is 11.8 Å². The van der Waals surface area contributed by atoms with Gasteiger partial charge in [-0.2, -0.15) is 0 Å². The lowest BCUT2D eigenvalue weighted by Crippen LogP contribution is -2.39. The maximum atomic E-state index is 13.1. The first-order chi connectivity index (χ1) is 8.32. The van der Waals surface area contributed by atoms with Gasteiger partial charge < -0.3 is 22.5 Å². The number of halogens is 2. The second kappa shape index (κ2) is 5.41. The third kappa shape index (κ3) is 3.14. The highest BCUT2D eigenvalue weighted by atomic mass is 19.2. The van der Waals surface area contributed by atoms with Gasteiger partial charge in [-0.05, 0) is 12.1 Å². The largest absolute Gasteiger partial charge is 0.395 e. The predicted molar refractivity (Wildman–Crippen MR) is 61.2 cm³/mol. The van der Waals surface area contributed by atoms with Gasteiger partial charge in [-0.15, -0.1) is 0 Å². The van der Waals surface area contributed by atoms with E-state index in [1.807, 2.05) is 0 Å². The fourth-order valence-corrected chi connectivity index (χ4v) is 1.21. The van der Waals surface area contributed by atoms with E-state index in [2.05, 4.69) is 5.32 Å². The van der Waals surface area contributed by atoms with Crippen LogP contribution in [0.15, 0.2) is 12.1 Å². The Morgan fingerprint density at radius 3 is 2.50 bits per heavy atom. The van der Waals surface area contributed by atoms with Crippen LogP contribution in [0.5, 0.6) is 0 Å². The molecule has 0 unspecified atom stereocenters. The third-order valence-electron chi connectivity index (χ3n) is 2.15. The summed E-state index contributed by atoms with van der Waals surface area (Å²) in [6.07, 6.45) is -0.366. The van der Waals surface area contributed by atoms with E-state index in [0.29, 0.717) is 0 Å². The molecule has 0 fully saturated rings. The van der Waals surface area contributed by atoms with Crippen LogP contribution in [0.1, 0.15) is 6.42 Å². The maximum Gasteiger partial charge on any atom is 0.241 e. The first kappa shape index (κ1) is 13.8. The number of anilines is 2. The molecule has 18 heavy (non-hydrogen) atoms. The molecule has 0 aliphatic carbocycles. The minimum atomic E-state index is -1.27. The van der Waals surface area contributed by atoms with Crippen molar-refractivity contribution in [2.24, 2.45) is 11.5 Å². The van der Waals surface area contributed by atoms with Gasteiger partial charge in [0.15, 0.2) is 11.6 Å². The highest BCUT2D eigenvalue weighted by Gasteiger charge is 2.18. The molecule has 0 saturated carbocycles. The van der Waals surface area contributed by atoms with E-state index >= 15 is 0 Å². The average Bonchev–Trinajstić information content (AvgIpc) is 2.29. The van der Waals surface area contributed by atoms with Crippen molar-refractivity contribution < 1.29 is 18.4 Å². The summed E-state index contributed by atoms with van der Waals surface area (Å²) in [6, 6.07) is 0.707. The van der Waals surface area contributed by atoms with Crippen LogP contribution in [0.2, 0.25) is 0 Å². The first-order valence-corrected chi connectivity index (χ1v) is 4.91. The highest BCUT2D eigenvalue weighted by Crippen LogP contribution is 2.23. The quantitative estimate of drug-likeness (QED) is 0.553. The van der Waals surface area contributed by atoms with Gasteiger partial charge in [0.25, 0.3) is 0 Å². The lowest BCUT2D eigenvalue weighted by atomic mass is 10.2. The van der Waals surface area contributed by atoms with Gasteiger partial charge in [0.1, 0.15) is 0 Å². The van der Waals surface area contributed by atoms with Gasteiger partial charge in [0, 0.05) is 0 Å². The van der Waals surface area contributed by atoms with Gasteiger partial charge >= 0.3 is 0 Å². The normalized spacial score (nSPS) is 11.9. The molecule has 0 aromatic heterocycles. The Balaban J connectivity index is 2.82. The zero-order valence-corrected chi connectivity index (χ0v) is 9.24. The molecule has 7 N–H and O–H groups in total. The number of nitrogen functional groups attached to an aromatic ring is 1. The van der Waals surface area contributed by atoms with Crippen molar-refractivity contribution in [3.8, 4) is 0 Å². The molecule has 1 atom stereocenters. The van der Waals surface area contributed by atoms with E-state index in [1.54, 1.807) is 0 Å². The van der Waals surface area contributed by atoms with E-state index in [9.17, 15) is 18.4 Å². The fourth-order valence-electron chi connectivity index (χ4n) is 1.21. The summed E-state index contributed by atoms with van der Waals surface area (Å²) in [5, 5.41) is 2.18. The number of rotatable bonds is 4. The third-order valence-corrected chi connectivity index (χ3v) is 2.15. The predicted octanol–water partition coefficient (Wildman–Crippen LogP) is -0.312. The number of nitrogens with one attached hydrogen (secondary N) is 1. The topological polar surface area (TPSA) is 124 Å². The molecule has 0 saturated heterocycles. The van der Waals surface area contributed by atoms with Gasteiger partial charge in [0.05, 0.1) is 23.8 Å². The minimum absolute atomic E-state index is 0.126. The number of hydrogen-bond donors (Lipinski definition) is 4. The minimum Gasteiger partial charge on any atom is -0.395 e. The monoisotopic (exact) mass is 258 g/mol. The van der Waals surface area contributed by atoms with Crippen LogP contribution in [0.25, 0.3) is 0 Å². The number of hydrogen-bond acceptors (Lipinski definition) is 4. The fraction of sp³-hybridized carbons (Fsp3) is 0.200. The molecule has 0 bridgehead atoms. The molecule has 0 spiro atoms. The smallest absolute Gasteiger partial charge is 0.241 e. The van der Waals surface area contributed by atoms with E-state index < -0.39 is 35.2 Å². The Bertz CT molecular complexity index is 493. The van der Waals surface area contributed by atoms with Crippen LogP contribution in [-0.2, 0) is 9.59 Å². The lowest BCUT2D eigenvalue weighted by Gasteiger charge is -2.12. The van der Waals surface area contributed by atoms with Crippen molar-refractivity contribution in [1.29, 1.82) is 0 Å². The van der Waals surface area contributed by atoms with E-state index in [-0.39, 0.29) is 12.1 Å². The number of nitrogens with two attached hydrogens (primary N) is 3. The first-order valence-electron chi connectivity index (χ1n) is 4.91. The average molecular weight is 258 g/mol. The summed E-state index contributed by atoms with van der Waals surface area (Å²) in [7, 11) is 0. The Kier molecular flexibility index (Phi) is 4.16. The Morgan fingerprint density at radius 1 is 1.33 bits per heavy atom. The van der Waals surface area contributed by atoms with Crippen molar-refractivity contribution in [2.75, 3.05) is 11.1 Å². The Hall–Kier alpha value is -2.22. The number of carbonyl (C=O) groups is 2. The second-order valence-corrected chi connectivity index (χ2v) is 3.59. The van der Waals surface area contributed by atoms with Crippen molar-refractivity contribution >= 4 is 23.2 Å². The van der Waals surface area contributed by atoms with Crippen molar-refractivity contribution in [1.82, 2.24) is 0 Å². The van der Waals surface area contributed by atoms with Gasteiger partial charge in [-0.1, -0.05) is 0 Å². The molecule has 1 aromatic rings. The lowest BCUT2D eigenvalue weighted by molar-refractivity contribution is -0.123. The van der Waals surface area contributed by atoms with Crippen molar-refractivity contribution in [3.63, 3.8) is 0 Å². The van der Waals surface area contributed by atoms with Crippen molar-refractivity contribution in [3.05, 3.63) is 23.8 Å². The molecular weight excluding hydrogens is 246 g/mol. The van der Waals surface area contributed by atoms with Gasteiger partial charge in [-0.3, -0.25) is 9.59 Å². The summed E-state index contributed by atoms with van der Waals surface area (Å²) in [5.74, 6) is -3.93. The zero-order chi connectivity index (χ0) is 13.9. The summed E-state index contributed by atoms with van der Waals surface area (Å²) in [5.41, 5.74) is 14.8. The molecule has 0 aliphatic rings. The van der Waals surface area contributed by atoms with E-state index in [0.717, 1.165) is 12.1 Å². The van der Waals surface area contributed by atoms with Crippen LogP contribution in [-0.4, -0.2) is 17.9 Å². The summed E-state index contributed by atoms with van der Waals surface area (Å²) in [6.45, 7) is 0. The molecule has 0 heterocycles. The Labute approximate surface area is 101 Å². The molecule has 6 nitrogen and oxygen atoms in total. The number of carbonyl (C=O) groups excluding carboxylic acids is 2. The standard InChI is InChI=1S/C10H12F2N4O2/c11-4-1-2-6(9(15)8(4)12)16-10(18)5(13)3-7(14)17/h1-2,5H,3,13,15H2,(H2,14,17)(H,16,18)/t5-/m0/s1. The molecule has 8 heteroatoms. The molecule has 98 valence electrons. The van der Waals surface area contributed by atoms with Crippen LogP contribution < -0.4 is 22.5 Å². The highest BCUT2D eigenvalue weighted by molar-refractivity contribution is 5.99. The van der Waals surface area contributed by atoms with Gasteiger partial charge in [-0.25, -0.2) is 8.78 Å². The number of amides is 2. The van der Waals surface area contributed by atoms with Crippen LogP contribution in [0.3, 0.4) is 0 Å². The molecule has 1 aromatic carbocycles. The summed E-state index contributed by atoms with van der Waals surface area (Å²) < 4.78 is 25.9. The second-order valence-electron chi connectivity index (χ2n) is 3.59. The molecule has 1 rings (SSSR count). The van der Waals surface area contributed by atoms with Crippen LogP contribution >= 0.6 is 0 Å². The molecule has 2 amide bonds.